The summed E-state index contributed by atoms with van der Waals surface area (Å²) < 4.78 is 29.4. The molecule has 3 aromatic rings. The van der Waals surface area contributed by atoms with Gasteiger partial charge in [-0.25, -0.2) is 13.2 Å². The number of hydrogen-bond donors (Lipinski definition) is 1. The predicted octanol–water partition coefficient (Wildman–Crippen LogP) is 4.54. The van der Waals surface area contributed by atoms with Crippen molar-refractivity contribution in [2.75, 3.05) is 18.2 Å². The first-order valence-electron chi connectivity index (χ1n) is 9.70. The molecule has 31 heavy (non-hydrogen) atoms. The predicted molar refractivity (Wildman–Crippen MR) is 123 cm³/mol. The molecule has 0 unspecified atom stereocenters. The third-order valence-corrected chi connectivity index (χ3v) is 7.37. The van der Waals surface area contributed by atoms with Gasteiger partial charge >= 0.3 is 5.97 Å². The number of amides is 1. The van der Waals surface area contributed by atoms with Crippen molar-refractivity contribution in [1.82, 2.24) is 0 Å². The van der Waals surface area contributed by atoms with Gasteiger partial charge < -0.3 is 10.1 Å². The third-order valence-electron chi connectivity index (χ3n) is 4.52. The van der Waals surface area contributed by atoms with E-state index in [9.17, 15) is 18.0 Å². The minimum absolute atomic E-state index is 0.0329. The van der Waals surface area contributed by atoms with Crippen LogP contribution in [0.2, 0.25) is 0 Å². The van der Waals surface area contributed by atoms with E-state index in [0.29, 0.717) is 10.6 Å². The first kappa shape index (κ1) is 22.7. The third kappa shape index (κ3) is 6.50. The Labute approximate surface area is 185 Å². The molecule has 0 spiro atoms. The molecule has 0 atom stereocenters. The fourth-order valence-electron chi connectivity index (χ4n) is 3.04. The Balaban J connectivity index is 1.62. The van der Waals surface area contributed by atoms with E-state index in [1.807, 2.05) is 36.4 Å². The average molecular weight is 458 g/mol. The average Bonchev–Trinajstić information content (AvgIpc) is 3.17. The molecular weight excluding hydrogens is 434 g/mol. The maximum absolute atomic E-state index is 12.4. The monoisotopic (exact) mass is 457 g/mol. The summed E-state index contributed by atoms with van der Waals surface area (Å²) in [6.07, 6.45) is 0.232. The number of carbonyl (C=O) groups excluding carboxylic acids is 2. The molecule has 0 fully saturated rings. The smallest absolute Gasteiger partial charge is 0.350 e. The first-order valence-corrected chi connectivity index (χ1v) is 12.3. The molecule has 0 bridgehead atoms. The van der Waals surface area contributed by atoms with E-state index in [-0.39, 0.29) is 30.3 Å². The lowest BCUT2D eigenvalue weighted by Gasteiger charge is -2.07. The molecule has 0 radical (unpaired) electrons. The van der Waals surface area contributed by atoms with E-state index in [4.69, 9.17) is 4.74 Å². The Hall–Kier alpha value is -2.97. The van der Waals surface area contributed by atoms with Gasteiger partial charge in [-0.1, -0.05) is 60.7 Å². The van der Waals surface area contributed by atoms with Crippen molar-refractivity contribution in [3.63, 3.8) is 0 Å². The van der Waals surface area contributed by atoms with Crippen LogP contribution in [0, 0.1) is 0 Å². The van der Waals surface area contributed by atoms with Gasteiger partial charge in [-0.05, 0) is 23.6 Å². The van der Waals surface area contributed by atoms with Gasteiger partial charge in [-0.15, -0.1) is 11.3 Å². The minimum Gasteiger partial charge on any atom is -0.465 e. The van der Waals surface area contributed by atoms with Gasteiger partial charge in [-0.2, -0.15) is 0 Å². The van der Waals surface area contributed by atoms with Crippen molar-refractivity contribution in [2.45, 2.75) is 18.6 Å². The van der Waals surface area contributed by atoms with Gasteiger partial charge in [0.1, 0.15) is 4.88 Å². The van der Waals surface area contributed by atoms with E-state index in [1.165, 1.54) is 18.4 Å². The molecule has 1 aromatic heterocycles. The Morgan fingerprint density at radius 3 is 2.29 bits per heavy atom. The van der Waals surface area contributed by atoms with Crippen LogP contribution < -0.4 is 5.32 Å². The molecule has 0 aliphatic carbocycles. The number of benzene rings is 2. The molecule has 1 heterocycles. The number of nitrogens with one attached hydrogen (secondary N) is 1. The van der Waals surface area contributed by atoms with Crippen LogP contribution in [0.15, 0.2) is 66.7 Å². The molecule has 162 valence electrons. The van der Waals surface area contributed by atoms with Crippen LogP contribution in [-0.4, -0.2) is 33.2 Å². The number of sulfone groups is 1. The molecular formula is C23H23NO5S2. The van der Waals surface area contributed by atoms with Crippen LogP contribution in [0.25, 0.3) is 10.4 Å². The van der Waals surface area contributed by atoms with Gasteiger partial charge in [0.2, 0.25) is 5.91 Å². The molecule has 8 heteroatoms. The highest BCUT2D eigenvalue weighted by molar-refractivity contribution is 7.90. The highest BCUT2D eigenvalue weighted by Crippen LogP contribution is 2.35. The van der Waals surface area contributed by atoms with Crippen molar-refractivity contribution in [3.8, 4) is 10.4 Å². The minimum atomic E-state index is -3.31. The zero-order valence-electron chi connectivity index (χ0n) is 17.0. The molecule has 0 saturated heterocycles. The van der Waals surface area contributed by atoms with Gasteiger partial charge in [0.25, 0.3) is 0 Å². The van der Waals surface area contributed by atoms with Crippen LogP contribution in [0.4, 0.5) is 5.69 Å². The van der Waals surface area contributed by atoms with Crippen LogP contribution in [0.5, 0.6) is 0 Å². The zero-order valence-corrected chi connectivity index (χ0v) is 18.7. The van der Waals surface area contributed by atoms with Crippen molar-refractivity contribution < 1.29 is 22.7 Å². The molecule has 0 aliphatic rings. The van der Waals surface area contributed by atoms with E-state index in [0.717, 1.165) is 16.0 Å². The molecule has 1 amide bonds. The van der Waals surface area contributed by atoms with Crippen molar-refractivity contribution in [1.29, 1.82) is 0 Å². The summed E-state index contributed by atoms with van der Waals surface area (Å²) in [4.78, 5) is 25.7. The summed E-state index contributed by atoms with van der Waals surface area (Å²) >= 11 is 1.23. The number of anilines is 1. The summed E-state index contributed by atoms with van der Waals surface area (Å²) in [5, 5.41) is 2.73. The van der Waals surface area contributed by atoms with Gasteiger partial charge in [0.15, 0.2) is 9.84 Å². The molecule has 6 nitrogen and oxygen atoms in total. The number of hydrogen-bond acceptors (Lipinski definition) is 6. The quantitative estimate of drug-likeness (QED) is 0.477. The maximum atomic E-state index is 12.4. The molecule has 2 aromatic carbocycles. The number of ether oxygens (including phenoxy) is 1. The summed E-state index contributed by atoms with van der Waals surface area (Å²) in [5.74, 6) is -1.02. The van der Waals surface area contributed by atoms with Crippen LogP contribution in [0.3, 0.4) is 0 Å². The second-order valence-corrected chi connectivity index (χ2v) is 10.2. The lowest BCUT2D eigenvalue weighted by Crippen LogP contribution is -2.16. The van der Waals surface area contributed by atoms with E-state index in [1.54, 1.807) is 30.3 Å². The number of thiophene rings is 1. The standard InChI is InChI=1S/C23H23NO5S2/c1-29-23(26)22-19(15-20(30-22)18-11-6-3-7-12-18)24-21(25)13-8-14-31(27,28)16-17-9-4-2-5-10-17/h2-7,9-12,15H,8,13-14,16H2,1H3,(H,24,25). The number of rotatable bonds is 9. The highest BCUT2D eigenvalue weighted by Gasteiger charge is 2.20. The highest BCUT2D eigenvalue weighted by atomic mass is 32.2. The van der Waals surface area contributed by atoms with E-state index < -0.39 is 15.8 Å². The summed E-state index contributed by atoms with van der Waals surface area (Å²) in [6, 6.07) is 20.2. The SMILES string of the molecule is COC(=O)c1sc(-c2ccccc2)cc1NC(=O)CCCS(=O)(=O)Cc1ccccc1. The molecule has 1 N–H and O–H groups in total. The van der Waals surface area contributed by atoms with Crippen LogP contribution >= 0.6 is 11.3 Å². The Morgan fingerprint density at radius 1 is 1.00 bits per heavy atom. The normalized spacial score (nSPS) is 11.1. The zero-order chi connectivity index (χ0) is 22.3. The molecule has 0 aliphatic heterocycles. The Kier molecular flexibility index (Phi) is 7.59. The van der Waals surface area contributed by atoms with Crippen LogP contribution in [0.1, 0.15) is 28.1 Å². The van der Waals surface area contributed by atoms with E-state index >= 15 is 0 Å². The summed E-state index contributed by atoms with van der Waals surface area (Å²) in [5.41, 5.74) is 2.01. The molecule has 0 saturated carbocycles. The lowest BCUT2D eigenvalue weighted by atomic mass is 10.2. The van der Waals surface area contributed by atoms with Crippen molar-refractivity contribution >= 4 is 38.7 Å². The second-order valence-electron chi connectivity index (χ2n) is 6.94. The number of esters is 1. The summed E-state index contributed by atoms with van der Waals surface area (Å²) in [7, 11) is -2.03. The Morgan fingerprint density at radius 2 is 1.65 bits per heavy atom. The van der Waals surface area contributed by atoms with E-state index in [2.05, 4.69) is 5.32 Å². The Bertz CT molecular complexity index is 1140. The van der Waals surface area contributed by atoms with Crippen molar-refractivity contribution in [2.24, 2.45) is 0 Å². The van der Waals surface area contributed by atoms with Gasteiger partial charge in [0.05, 0.1) is 24.3 Å². The number of carbonyl (C=O) groups is 2. The summed E-state index contributed by atoms with van der Waals surface area (Å²) in [6.45, 7) is 0. The topological polar surface area (TPSA) is 89.5 Å². The fraction of sp³-hybridized carbons (Fsp3) is 0.217. The van der Waals surface area contributed by atoms with Gasteiger partial charge in [-0.3, -0.25) is 4.79 Å². The first-order chi connectivity index (χ1) is 14.9. The maximum Gasteiger partial charge on any atom is 0.350 e. The fourth-order valence-corrected chi connectivity index (χ4v) is 5.50. The molecule has 3 rings (SSSR count). The van der Waals surface area contributed by atoms with Crippen molar-refractivity contribution in [3.05, 3.63) is 77.2 Å². The van der Waals surface area contributed by atoms with Gasteiger partial charge in [0, 0.05) is 11.3 Å². The lowest BCUT2D eigenvalue weighted by molar-refractivity contribution is -0.116. The largest absolute Gasteiger partial charge is 0.465 e. The van der Waals surface area contributed by atoms with Crippen LogP contribution in [-0.2, 0) is 25.1 Å². The number of methoxy groups -OCH3 is 1. The second kappa shape index (κ2) is 10.4.